The molecule has 0 aliphatic rings. The van der Waals surface area contributed by atoms with E-state index in [-0.39, 0.29) is 0 Å². The quantitative estimate of drug-likeness (QED) is 0.729. The van der Waals surface area contributed by atoms with Gasteiger partial charge in [0.2, 0.25) is 0 Å². The van der Waals surface area contributed by atoms with Gasteiger partial charge in [-0.25, -0.2) is 0 Å². The second kappa shape index (κ2) is 5.22. The van der Waals surface area contributed by atoms with E-state index in [1.165, 1.54) is 0 Å². The Labute approximate surface area is 83.0 Å². The molecule has 0 spiro atoms. The molecule has 0 aliphatic carbocycles. The first-order valence-electron chi connectivity index (χ1n) is 4.14. The van der Waals surface area contributed by atoms with Crippen LogP contribution in [0.4, 0.5) is 0 Å². The molecule has 1 N–H and O–H groups in total. The first-order valence-corrected chi connectivity index (χ1v) is 4.14. The van der Waals surface area contributed by atoms with Gasteiger partial charge in [-0.3, -0.25) is 0 Å². The van der Waals surface area contributed by atoms with Gasteiger partial charge in [-0.1, -0.05) is 0 Å². The maximum Gasteiger partial charge on any atom is 0.123 e. The molecule has 0 aliphatic heterocycles. The van der Waals surface area contributed by atoms with Gasteiger partial charge < -0.3 is 9.57 Å². The molecular formula is C10H12N2O2. The van der Waals surface area contributed by atoms with Crippen molar-refractivity contribution in [1.29, 1.82) is 5.26 Å². The van der Waals surface area contributed by atoms with Crippen molar-refractivity contribution in [2.75, 3.05) is 14.2 Å². The number of nitrogens with one attached hydrogen (secondary N) is 1. The highest BCUT2D eigenvalue weighted by Gasteiger charge is 2.03. The van der Waals surface area contributed by atoms with Gasteiger partial charge in [-0.15, -0.1) is 0 Å². The van der Waals surface area contributed by atoms with Crippen molar-refractivity contribution >= 4 is 0 Å². The number of hydrogen-bond acceptors (Lipinski definition) is 4. The smallest absolute Gasteiger partial charge is 0.123 e. The van der Waals surface area contributed by atoms with E-state index in [1.54, 1.807) is 32.4 Å². The molecule has 0 radical (unpaired) electrons. The largest absolute Gasteiger partial charge is 0.496 e. The molecular weight excluding hydrogens is 180 g/mol. The Hall–Kier alpha value is -1.57. The first-order chi connectivity index (χ1) is 6.81. The first kappa shape index (κ1) is 10.5. The van der Waals surface area contributed by atoms with Crippen LogP contribution in [-0.4, -0.2) is 14.2 Å². The molecule has 0 saturated carbocycles. The van der Waals surface area contributed by atoms with Crippen LogP contribution in [0, 0.1) is 11.3 Å². The van der Waals surface area contributed by atoms with E-state index in [9.17, 15) is 0 Å². The molecule has 0 fully saturated rings. The Morgan fingerprint density at radius 2 is 2.21 bits per heavy atom. The van der Waals surface area contributed by atoms with Crippen molar-refractivity contribution in [2.45, 2.75) is 6.54 Å². The topological polar surface area (TPSA) is 54.3 Å². The van der Waals surface area contributed by atoms with Gasteiger partial charge >= 0.3 is 0 Å². The van der Waals surface area contributed by atoms with E-state index in [4.69, 9.17) is 14.8 Å². The third-order valence-electron chi connectivity index (χ3n) is 1.82. The zero-order valence-corrected chi connectivity index (χ0v) is 8.20. The van der Waals surface area contributed by atoms with Crippen molar-refractivity contribution in [3.8, 4) is 11.8 Å². The van der Waals surface area contributed by atoms with Crippen LogP contribution in [0.1, 0.15) is 11.1 Å². The lowest BCUT2D eigenvalue weighted by Crippen LogP contribution is -2.11. The number of nitrogens with zero attached hydrogens (tertiary/aromatic N) is 1. The van der Waals surface area contributed by atoms with E-state index in [2.05, 4.69) is 11.5 Å². The van der Waals surface area contributed by atoms with Crippen LogP contribution in [0.2, 0.25) is 0 Å². The van der Waals surface area contributed by atoms with Crippen LogP contribution in [0.5, 0.6) is 5.75 Å². The number of hydroxylamine groups is 1. The monoisotopic (exact) mass is 192 g/mol. The summed E-state index contributed by atoms with van der Waals surface area (Å²) in [6, 6.07) is 7.33. The summed E-state index contributed by atoms with van der Waals surface area (Å²) in [7, 11) is 3.14. The van der Waals surface area contributed by atoms with Crippen molar-refractivity contribution in [1.82, 2.24) is 5.48 Å². The van der Waals surface area contributed by atoms with E-state index in [0.29, 0.717) is 12.1 Å². The molecule has 1 rings (SSSR count). The molecule has 4 nitrogen and oxygen atoms in total. The van der Waals surface area contributed by atoms with Gasteiger partial charge in [0.25, 0.3) is 0 Å². The standard InChI is InChI=1S/C10H12N2O2/c1-13-10-4-3-8(6-11)5-9(10)7-12-14-2/h3-5,12H,7H2,1-2H3. The molecule has 0 bridgehead atoms. The van der Waals surface area contributed by atoms with Crippen LogP contribution >= 0.6 is 0 Å². The number of hydrogen-bond donors (Lipinski definition) is 1. The third kappa shape index (κ3) is 2.46. The average Bonchev–Trinajstić information content (AvgIpc) is 2.25. The molecule has 4 heteroatoms. The maximum absolute atomic E-state index is 8.71. The summed E-state index contributed by atoms with van der Waals surface area (Å²) in [6.45, 7) is 0.509. The van der Waals surface area contributed by atoms with Crippen LogP contribution < -0.4 is 10.2 Å². The van der Waals surface area contributed by atoms with Crippen LogP contribution in [0.25, 0.3) is 0 Å². The Bertz CT molecular complexity index is 344. The fourth-order valence-corrected chi connectivity index (χ4v) is 1.14. The highest BCUT2D eigenvalue weighted by atomic mass is 16.6. The fraction of sp³-hybridized carbons (Fsp3) is 0.300. The molecule has 1 aromatic rings. The number of ether oxygens (including phenoxy) is 1. The normalized spacial score (nSPS) is 9.50. The van der Waals surface area contributed by atoms with Crippen LogP contribution in [-0.2, 0) is 11.4 Å². The highest BCUT2D eigenvalue weighted by Crippen LogP contribution is 2.19. The Morgan fingerprint density at radius 1 is 1.43 bits per heavy atom. The summed E-state index contributed by atoms with van der Waals surface area (Å²) < 4.78 is 5.14. The van der Waals surface area contributed by atoms with Gasteiger partial charge in [0.1, 0.15) is 5.75 Å². The molecule has 14 heavy (non-hydrogen) atoms. The van der Waals surface area contributed by atoms with Crippen molar-refractivity contribution in [2.24, 2.45) is 0 Å². The molecule has 1 aromatic carbocycles. The van der Waals surface area contributed by atoms with Crippen molar-refractivity contribution in [3.05, 3.63) is 29.3 Å². The van der Waals surface area contributed by atoms with E-state index < -0.39 is 0 Å². The minimum atomic E-state index is 0.509. The Balaban J connectivity index is 2.91. The lowest BCUT2D eigenvalue weighted by Gasteiger charge is -2.08. The lowest BCUT2D eigenvalue weighted by atomic mass is 10.1. The van der Waals surface area contributed by atoms with E-state index in [1.807, 2.05) is 0 Å². The van der Waals surface area contributed by atoms with Crippen molar-refractivity contribution < 1.29 is 9.57 Å². The summed E-state index contributed by atoms with van der Waals surface area (Å²) in [5.74, 6) is 0.744. The molecule has 0 amide bonds. The van der Waals surface area contributed by atoms with Gasteiger partial charge in [-0.2, -0.15) is 10.7 Å². The van der Waals surface area contributed by atoms with E-state index >= 15 is 0 Å². The van der Waals surface area contributed by atoms with Gasteiger partial charge in [0, 0.05) is 12.1 Å². The molecule has 74 valence electrons. The number of rotatable bonds is 4. The predicted octanol–water partition coefficient (Wildman–Crippen LogP) is 1.22. The second-order valence-electron chi connectivity index (χ2n) is 2.66. The minimum Gasteiger partial charge on any atom is -0.496 e. The Morgan fingerprint density at radius 3 is 2.79 bits per heavy atom. The van der Waals surface area contributed by atoms with Crippen LogP contribution in [0.15, 0.2) is 18.2 Å². The van der Waals surface area contributed by atoms with Crippen LogP contribution in [0.3, 0.4) is 0 Å². The lowest BCUT2D eigenvalue weighted by molar-refractivity contribution is 0.0861. The number of methoxy groups -OCH3 is 1. The van der Waals surface area contributed by atoms with Gasteiger partial charge in [0.05, 0.1) is 25.9 Å². The average molecular weight is 192 g/mol. The molecule has 0 heterocycles. The molecule has 0 atom stereocenters. The predicted molar refractivity (Wildman–Crippen MR) is 51.6 cm³/mol. The van der Waals surface area contributed by atoms with Gasteiger partial charge in [0.15, 0.2) is 0 Å². The zero-order chi connectivity index (χ0) is 10.4. The fourth-order valence-electron chi connectivity index (χ4n) is 1.14. The minimum absolute atomic E-state index is 0.509. The summed E-state index contributed by atoms with van der Waals surface area (Å²) >= 11 is 0. The zero-order valence-electron chi connectivity index (χ0n) is 8.20. The SMILES string of the molecule is CONCc1cc(C#N)ccc1OC. The Kier molecular flexibility index (Phi) is 3.92. The molecule has 0 aromatic heterocycles. The van der Waals surface area contributed by atoms with Crippen molar-refractivity contribution in [3.63, 3.8) is 0 Å². The van der Waals surface area contributed by atoms with E-state index in [0.717, 1.165) is 11.3 Å². The summed E-state index contributed by atoms with van der Waals surface area (Å²) in [5.41, 5.74) is 4.21. The van der Waals surface area contributed by atoms with Gasteiger partial charge in [-0.05, 0) is 18.2 Å². The highest BCUT2D eigenvalue weighted by molar-refractivity contribution is 5.41. The summed E-state index contributed by atoms with van der Waals surface area (Å²) in [5, 5.41) is 8.71. The molecule has 0 saturated heterocycles. The summed E-state index contributed by atoms with van der Waals surface area (Å²) in [4.78, 5) is 4.73. The molecule has 0 unspecified atom stereocenters. The maximum atomic E-state index is 8.71. The summed E-state index contributed by atoms with van der Waals surface area (Å²) in [6.07, 6.45) is 0. The number of benzene rings is 1. The number of nitriles is 1. The second-order valence-corrected chi connectivity index (χ2v) is 2.66. The third-order valence-corrected chi connectivity index (χ3v) is 1.82.